The number of nitrogens with one attached hydrogen (secondary N) is 1. The predicted octanol–water partition coefficient (Wildman–Crippen LogP) is 2.93. The Labute approximate surface area is 105 Å². The van der Waals surface area contributed by atoms with Gasteiger partial charge in [0.15, 0.2) is 16.7 Å². The van der Waals surface area contributed by atoms with Gasteiger partial charge in [-0.3, -0.25) is 5.10 Å². The van der Waals surface area contributed by atoms with E-state index in [1.54, 1.807) is 0 Å². The molecule has 0 spiro atoms. The van der Waals surface area contributed by atoms with Gasteiger partial charge in [0.05, 0.1) is 0 Å². The van der Waals surface area contributed by atoms with Gasteiger partial charge in [-0.2, -0.15) is 5.10 Å². The molecule has 1 heterocycles. The van der Waals surface area contributed by atoms with Crippen molar-refractivity contribution in [3.8, 4) is 5.75 Å². The number of hydrogen-bond donors (Lipinski definition) is 1. The molecule has 17 heavy (non-hydrogen) atoms. The Morgan fingerprint density at radius 3 is 2.82 bits per heavy atom. The van der Waals surface area contributed by atoms with E-state index >= 15 is 0 Å². The maximum Gasteiger partial charge on any atom is 0.195 e. The Kier molecular flexibility index (Phi) is 3.28. The molecule has 1 N–H and O–H groups in total. The van der Waals surface area contributed by atoms with Crippen molar-refractivity contribution in [3.63, 3.8) is 0 Å². The smallest absolute Gasteiger partial charge is 0.195 e. The van der Waals surface area contributed by atoms with Gasteiger partial charge in [-0.15, -0.1) is 0 Å². The minimum Gasteiger partial charge on any atom is -0.483 e. The molecule has 5 heteroatoms. The van der Waals surface area contributed by atoms with Crippen LogP contribution >= 0.6 is 12.2 Å². The number of hydrogen-bond acceptors (Lipinski definition) is 3. The van der Waals surface area contributed by atoms with E-state index in [-0.39, 0.29) is 6.10 Å². The van der Waals surface area contributed by atoms with Crippen molar-refractivity contribution >= 4 is 12.2 Å². The lowest BCUT2D eigenvalue weighted by Gasteiger charge is -2.14. The lowest BCUT2D eigenvalue weighted by Crippen LogP contribution is -2.09. The highest BCUT2D eigenvalue weighted by molar-refractivity contribution is 7.71. The van der Waals surface area contributed by atoms with Gasteiger partial charge in [-0.25, -0.2) is 0 Å². The van der Waals surface area contributed by atoms with E-state index in [1.165, 1.54) is 5.56 Å². The summed E-state index contributed by atoms with van der Waals surface area (Å²) in [5.41, 5.74) is 1.17. The number of aryl methyl sites for hydroxylation is 1. The normalized spacial score (nSPS) is 12.4. The fourth-order valence-corrected chi connectivity index (χ4v) is 1.81. The van der Waals surface area contributed by atoms with E-state index < -0.39 is 0 Å². The van der Waals surface area contributed by atoms with Crippen molar-refractivity contribution in [1.29, 1.82) is 0 Å². The van der Waals surface area contributed by atoms with E-state index in [4.69, 9.17) is 17.0 Å². The van der Waals surface area contributed by atoms with Crippen LogP contribution in [0.4, 0.5) is 0 Å². The molecule has 0 aliphatic heterocycles. The van der Waals surface area contributed by atoms with Gasteiger partial charge in [0.1, 0.15) is 5.75 Å². The molecule has 2 rings (SSSR count). The first kappa shape index (κ1) is 11.9. The van der Waals surface area contributed by atoms with Crippen LogP contribution in [0.5, 0.6) is 5.75 Å². The highest BCUT2D eigenvalue weighted by atomic mass is 32.1. The van der Waals surface area contributed by atoms with E-state index in [2.05, 4.69) is 10.2 Å². The molecule has 2 aromatic rings. The van der Waals surface area contributed by atoms with Crippen molar-refractivity contribution in [3.05, 3.63) is 40.4 Å². The van der Waals surface area contributed by atoms with Gasteiger partial charge < -0.3 is 9.30 Å². The van der Waals surface area contributed by atoms with Crippen LogP contribution in [-0.4, -0.2) is 14.8 Å². The zero-order chi connectivity index (χ0) is 12.4. The highest BCUT2D eigenvalue weighted by Crippen LogP contribution is 2.20. The van der Waals surface area contributed by atoms with Crippen molar-refractivity contribution in [2.75, 3.05) is 0 Å². The van der Waals surface area contributed by atoms with E-state index in [0.29, 0.717) is 4.77 Å². The molecule has 0 saturated heterocycles. The second kappa shape index (κ2) is 4.71. The fraction of sp³-hybridized carbons (Fsp3) is 0.333. The maximum absolute atomic E-state index is 5.83. The minimum atomic E-state index is -0.144. The summed E-state index contributed by atoms with van der Waals surface area (Å²) < 4.78 is 8.24. The molecule has 0 saturated carbocycles. The minimum absolute atomic E-state index is 0.144. The Morgan fingerprint density at radius 1 is 1.47 bits per heavy atom. The highest BCUT2D eigenvalue weighted by Gasteiger charge is 2.13. The molecule has 0 fully saturated rings. The first-order chi connectivity index (χ1) is 8.08. The van der Waals surface area contributed by atoms with Gasteiger partial charge in [0.25, 0.3) is 0 Å². The van der Waals surface area contributed by atoms with Crippen molar-refractivity contribution in [2.45, 2.75) is 20.0 Å². The third kappa shape index (κ3) is 2.55. The van der Waals surface area contributed by atoms with Crippen molar-refractivity contribution in [2.24, 2.45) is 7.05 Å². The van der Waals surface area contributed by atoms with Crippen molar-refractivity contribution < 1.29 is 4.74 Å². The molecule has 4 nitrogen and oxygen atoms in total. The number of ether oxygens (including phenoxy) is 1. The standard InChI is InChI=1S/C12H15N3OS/c1-8-5-4-6-10(7-8)16-9(2)11-13-14-12(17)15(11)3/h4-7,9H,1-3H3,(H,14,17)/t9-/m1/s1. The Bertz CT molecular complexity index is 573. The second-order valence-corrected chi connectivity index (χ2v) is 4.41. The van der Waals surface area contributed by atoms with Crippen LogP contribution in [0.2, 0.25) is 0 Å². The zero-order valence-corrected chi connectivity index (χ0v) is 10.9. The lowest BCUT2D eigenvalue weighted by atomic mass is 10.2. The molecule has 1 aromatic heterocycles. The second-order valence-electron chi connectivity index (χ2n) is 4.02. The van der Waals surface area contributed by atoms with Crippen molar-refractivity contribution in [1.82, 2.24) is 14.8 Å². The molecule has 1 atom stereocenters. The van der Waals surface area contributed by atoms with Crippen LogP contribution in [0, 0.1) is 11.7 Å². The first-order valence-electron chi connectivity index (χ1n) is 5.42. The summed E-state index contributed by atoms with van der Waals surface area (Å²) in [5.74, 6) is 1.63. The number of aromatic nitrogens is 3. The average molecular weight is 249 g/mol. The summed E-state index contributed by atoms with van der Waals surface area (Å²) in [4.78, 5) is 0. The van der Waals surface area contributed by atoms with E-state index in [9.17, 15) is 0 Å². The van der Waals surface area contributed by atoms with Gasteiger partial charge in [0, 0.05) is 7.05 Å². The number of aromatic amines is 1. The third-order valence-corrected chi connectivity index (χ3v) is 2.95. The molecule has 0 amide bonds. The SMILES string of the molecule is Cc1cccc(O[C@H](C)c2n[nH]c(=S)n2C)c1. The molecule has 0 radical (unpaired) electrons. The van der Waals surface area contributed by atoms with Crippen LogP contribution in [0.3, 0.4) is 0 Å². The molecule has 0 bridgehead atoms. The molecule has 90 valence electrons. The zero-order valence-electron chi connectivity index (χ0n) is 10.1. The monoisotopic (exact) mass is 249 g/mol. The Hall–Kier alpha value is -1.62. The summed E-state index contributed by atoms with van der Waals surface area (Å²) in [7, 11) is 1.87. The first-order valence-corrected chi connectivity index (χ1v) is 5.83. The van der Waals surface area contributed by atoms with Crippen LogP contribution in [0.25, 0.3) is 0 Å². The van der Waals surface area contributed by atoms with Crippen LogP contribution in [0.15, 0.2) is 24.3 Å². The number of benzene rings is 1. The lowest BCUT2D eigenvalue weighted by molar-refractivity contribution is 0.212. The fourth-order valence-electron chi connectivity index (χ4n) is 1.67. The van der Waals surface area contributed by atoms with Gasteiger partial charge in [-0.05, 0) is 43.8 Å². The molecular weight excluding hydrogens is 234 g/mol. The van der Waals surface area contributed by atoms with Gasteiger partial charge >= 0.3 is 0 Å². The topological polar surface area (TPSA) is 42.8 Å². The molecule has 0 aliphatic carbocycles. The summed E-state index contributed by atoms with van der Waals surface area (Å²) >= 11 is 5.07. The Morgan fingerprint density at radius 2 is 2.24 bits per heavy atom. The Balaban J connectivity index is 2.20. The van der Waals surface area contributed by atoms with Crippen LogP contribution < -0.4 is 4.74 Å². The molecule has 1 aromatic carbocycles. The van der Waals surface area contributed by atoms with E-state index in [1.807, 2.05) is 49.7 Å². The van der Waals surface area contributed by atoms with E-state index in [0.717, 1.165) is 11.6 Å². The summed E-state index contributed by atoms with van der Waals surface area (Å²) in [6, 6.07) is 7.94. The van der Waals surface area contributed by atoms with Crippen LogP contribution in [-0.2, 0) is 7.05 Å². The summed E-state index contributed by atoms with van der Waals surface area (Å²) in [6.07, 6.45) is -0.144. The van der Waals surface area contributed by atoms with Gasteiger partial charge in [-0.1, -0.05) is 12.1 Å². The molecule has 0 aliphatic rings. The number of H-pyrrole nitrogens is 1. The molecular formula is C12H15N3OS. The summed E-state index contributed by atoms with van der Waals surface area (Å²) in [6.45, 7) is 3.99. The summed E-state index contributed by atoms with van der Waals surface area (Å²) in [5, 5.41) is 6.91. The number of nitrogens with zero attached hydrogens (tertiary/aromatic N) is 2. The van der Waals surface area contributed by atoms with Crippen LogP contribution in [0.1, 0.15) is 24.4 Å². The molecule has 0 unspecified atom stereocenters. The third-order valence-electron chi connectivity index (χ3n) is 2.58. The maximum atomic E-state index is 5.83. The quantitative estimate of drug-likeness (QED) is 0.850. The predicted molar refractivity (Wildman–Crippen MR) is 68.6 cm³/mol. The average Bonchev–Trinajstić information content (AvgIpc) is 2.60. The van der Waals surface area contributed by atoms with Gasteiger partial charge in [0.2, 0.25) is 0 Å². The number of rotatable bonds is 3. The largest absolute Gasteiger partial charge is 0.483 e.